The summed E-state index contributed by atoms with van der Waals surface area (Å²) in [6.07, 6.45) is 1.27. The molecule has 2 unspecified atom stereocenters. The largest absolute Gasteiger partial charge is 0.340 e. The number of nitrogens with zero attached hydrogens (tertiary/aromatic N) is 1. The number of carbonyl (C=O) groups is 1. The highest BCUT2D eigenvalue weighted by Gasteiger charge is 2.21. The van der Waals surface area contributed by atoms with Crippen molar-refractivity contribution in [3.05, 3.63) is 35.6 Å². The fourth-order valence-corrected chi connectivity index (χ4v) is 2.72. The van der Waals surface area contributed by atoms with Gasteiger partial charge in [0.05, 0.1) is 0 Å². The van der Waals surface area contributed by atoms with E-state index in [9.17, 15) is 9.18 Å². The molecule has 0 radical (unpaired) electrons. The summed E-state index contributed by atoms with van der Waals surface area (Å²) in [5.41, 5.74) is 0.957. The van der Waals surface area contributed by atoms with E-state index in [1.54, 1.807) is 12.1 Å². The van der Waals surface area contributed by atoms with Crippen LogP contribution in [0.3, 0.4) is 0 Å². The van der Waals surface area contributed by atoms with Crippen molar-refractivity contribution in [2.45, 2.75) is 32.7 Å². The van der Waals surface area contributed by atoms with Gasteiger partial charge in [0.15, 0.2) is 0 Å². The van der Waals surface area contributed by atoms with E-state index in [2.05, 4.69) is 19.2 Å². The van der Waals surface area contributed by atoms with Crippen molar-refractivity contribution in [2.75, 3.05) is 19.6 Å². The Balaban J connectivity index is 1.84. The molecule has 0 bridgehead atoms. The van der Waals surface area contributed by atoms with Gasteiger partial charge in [0.25, 0.3) is 0 Å². The molecule has 1 aliphatic heterocycles. The minimum Gasteiger partial charge on any atom is -0.340 e. The van der Waals surface area contributed by atoms with E-state index >= 15 is 0 Å². The van der Waals surface area contributed by atoms with Crippen molar-refractivity contribution < 1.29 is 9.18 Å². The topological polar surface area (TPSA) is 32.3 Å². The fraction of sp³-hybridized carbons (Fsp3) is 0.562. The Kier molecular flexibility index (Phi) is 5.12. The molecule has 1 amide bonds. The second kappa shape index (κ2) is 6.84. The molecule has 1 aromatic carbocycles. The molecule has 0 aromatic heterocycles. The van der Waals surface area contributed by atoms with Crippen LogP contribution in [-0.4, -0.2) is 36.5 Å². The van der Waals surface area contributed by atoms with Crippen LogP contribution in [0, 0.1) is 11.7 Å². The summed E-state index contributed by atoms with van der Waals surface area (Å²) in [6.45, 7) is 6.58. The Labute approximate surface area is 120 Å². The third kappa shape index (κ3) is 4.30. The molecule has 1 N–H and O–H groups in total. The van der Waals surface area contributed by atoms with Crippen LogP contribution in [0.4, 0.5) is 4.39 Å². The number of halogens is 1. The second-order valence-corrected chi connectivity index (χ2v) is 5.84. The number of rotatable bonds is 4. The van der Waals surface area contributed by atoms with Crippen LogP contribution in [0.1, 0.15) is 25.8 Å². The number of hydrogen-bond acceptors (Lipinski definition) is 2. The molecule has 4 heteroatoms. The maximum Gasteiger partial charge on any atom is 0.222 e. The molecular formula is C16H23FN2O. The summed E-state index contributed by atoms with van der Waals surface area (Å²) in [5, 5.41) is 3.33. The quantitative estimate of drug-likeness (QED) is 0.916. The zero-order valence-corrected chi connectivity index (χ0v) is 12.2. The van der Waals surface area contributed by atoms with Crippen LogP contribution in [0.5, 0.6) is 0 Å². The zero-order chi connectivity index (χ0) is 14.5. The Morgan fingerprint density at radius 2 is 2.35 bits per heavy atom. The number of benzene rings is 1. The summed E-state index contributed by atoms with van der Waals surface area (Å²) < 4.78 is 13.1. The van der Waals surface area contributed by atoms with E-state index in [-0.39, 0.29) is 17.6 Å². The minimum atomic E-state index is -0.211. The molecule has 1 saturated heterocycles. The van der Waals surface area contributed by atoms with Gasteiger partial charge in [0, 0.05) is 32.1 Å². The Morgan fingerprint density at radius 3 is 3.05 bits per heavy atom. The monoisotopic (exact) mass is 278 g/mol. The van der Waals surface area contributed by atoms with E-state index in [1.807, 2.05) is 11.0 Å². The first-order chi connectivity index (χ1) is 9.54. The highest BCUT2D eigenvalue weighted by atomic mass is 19.1. The predicted octanol–water partition coefficient (Wildman–Crippen LogP) is 2.21. The second-order valence-electron chi connectivity index (χ2n) is 5.84. The van der Waals surface area contributed by atoms with Gasteiger partial charge in [-0.05, 0) is 37.0 Å². The fourth-order valence-electron chi connectivity index (χ4n) is 2.72. The molecule has 0 saturated carbocycles. The molecule has 1 fully saturated rings. The van der Waals surface area contributed by atoms with Crippen molar-refractivity contribution >= 4 is 5.91 Å². The van der Waals surface area contributed by atoms with Gasteiger partial charge in [0.1, 0.15) is 5.82 Å². The van der Waals surface area contributed by atoms with Gasteiger partial charge in [-0.15, -0.1) is 0 Å². The normalized spacial score (nSPS) is 20.8. The standard InChI is InChI=1S/C16H23FN2O/c1-12(8-14-4-3-5-15(17)10-14)9-16(20)19-7-6-18-13(2)11-19/h3-5,10,12-13,18H,6-9,11H2,1-2H3. The first kappa shape index (κ1) is 15.0. The molecule has 3 nitrogen and oxygen atoms in total. The molecule has 2 rings (SSSR count). The number of piperazine rings is 1. The molecule has 110 valence electrons. The maximum atomic E-state index is 13.1. The average Bonchev–Trinajstić information content (AvgIpc) is 2.38. The Hall–Kier alpha value is -1.42. The van der Waals surface area contributed by atoms with Gasteiger partial charge < -0.3 is 10.2 Å². The van der Waals surface area contributed by atoms with Gasteiger partial charge in [-0.3, -0.25) is 4.79 Å². The van der Waals surface area contributed by atoms with Crippen LogP contribution in [0.2, 0.25) is 0 Å². The smallest absolute Gasteiger partial charge is 0.222 e. The predicted molar refractivity (Wildman–Crippen MR) is 77.9 cm³/mol. The maximum absolute atomic E-state index is 13.1. The van der Waals surface area contributed by atoms with Crippen LogP contribution in [-0.2, 0) is 11.2 Å². The van der Waals surface area contributed by atoms with E-state index in [4.69, 9.17) is 0 Å². The van der Waals surface area contributed by atoms with Crippen molar-refractivity contribution in [3.8, 4) is 0 Å². The summed E-state index contributed by atoms with van der Waals surface area (Å²) in [5.74, 6) is 0.230. The van der Waals surface area contributed by atoms with E-state index in [1.165, 1.54) is 6.07 Å². The molecule has 20 heavy (non-hydrogen) atoms. The van der Waals surface area contributed by atoms with Crippen molar-refractivity contribution in [3.63, 3.8) is 0 Å². The van der Waals surface area contributed by atoms with E-state index in [0.717, 1.165) is 31.6 Å². The van der Waals surface area contributed by atoms with Crippen LogP contribution in [0.25, 0.3) is 0 Å². The van der Waals surface area contributed by atoms with E-state index in [0.29, 0.717) is 12.5 Å². The number of hydrogen-bond donors (Lipinski definition) is 1. The van der Waals surface area contributed by atoms with Gasteiger partial charge >= 0.3 is 0 Å². The van der Waals surface area contributed by atoms with Crippen LogP contribution in [0.15, 0.2) is 24.3 Å². The van der Waals surface area contributed by atoms with Crippen molar-refractivity contribution in [2.24, 2.45) is 5.92 Å². The molecule has 2 atom stereocenters. The summed E-state index contributed by atoms with van der Waals surface area (Å²) >= 11 is 0. The summed E-state index contributed by atoms with van der Waals surface area (Å²) in [7, 11) is 0. The van der Waals surface area contributed by atoms with E-state index < -0.39 is 0 Å². The first-order valence-corrected chi connectivity index (χ1v) is 7.30. The molecule has 1 aliphatic rings. The van der Waals surface area contributed by atoms with Gasteiger partial charge in [-0.25, -0.2) is 4.39 Å². The van der Waals surface area contributed by atoms with Crippen molar-refractivity contribution in [1.29, 1.82) is 0 Å². The summed E-state index contributed by atoms with van der Waals surface area (Å²) in [6, 6.07) is 7.00. The molecule has 1 heterocycles. The number of nitrogens with one attached hydrogen (secondary N) is 1. The summed E-state index contributed by atoms with van der Waals surface area (Å²) in [4.78, 5) is 14.2. The molecule has 1 aromatic rings. The lowest BCUT2D eigenvalue weighted by atomic mass is 9.97. The lowest BCUT2D eigenvalue weighted by Gasteiger charge is -2.32. The van der Waals surface area contributed by atoms with Crippen LogP contribution < -0.4 is 5.32 Å². The molecule has 0 spiro atoms. The highest BCUT2D eigenvalue weighted by molar-refractivity contribution is 5.76. The van der Waals surface area contributed by atoms with Crippen LogP contribution >= 0.6 is 0 Å². The van der Waals surface area contributed by atoms with Gasteiger partial charge in [0.2, 0.25) is 5.91 Å². The first-order valence-electron chi connectivity index (χ1n) is 7.30. The molecule has 0 aliphatic carbocycles. The minimum absolute atomic E-state index is 0.210. The third-order valence-corrected chi connectivity index (χ3v) is 3.72. The van der Waals surface area contributed by atoms with Crippen molar-refractivity contribution in [1.82, 2.24) is 10.2 Å². The van der Waals surface area contributed by atoms with Gasteiger partial charge in [-0.2, -0.15) is 0 Å². The van der Waals surface area contributed by atoms with Gasteiger partial charge in [-0.1, -0.05) is 19.1 Å². The number of carbonyl (C=O) groups excluding carboxylic acids is 1. The lowest BCUT2D eigenvalue weighted by Crippen LogP contribution is -2.51. The zero-order valence-electron chi connectivity index (χ0n) is 12.2. The SMILES string of the molecule is CC(CC(=O)N1CCNC(C)C1)Cc1cccc(F)c1. The number of amides is 1. The molecular weight excluding hydrogens is 255 g/mol. The highest BCUT2D eigenvalue weighted by Crippen LogP contribution is 2.15. The lowest BCUT2D eigenvalue weighted by molar-refractivity contribution is -0.133. The Morgan fingerprint density at radius 1 is 1.55 bits per heavy atom. The average molecular weight is 278 g/mol. The Bertz CT molecular complexity index is 464. The third-order valence-electron chi connectivity index (χ3n) is 3.72.